The fourth-order valence-electron chi connectivity index (χ4n) is 2.06. The molecular weight excluding hydrogens is 248 g/mol. The van der Waals surface area contributed by atoms with Gasteiger partial charge in [-0.1, -0.05) is 54.6 Å². The Labute approximate surface area is 120 Å². The summed E-state index contributed by atoms with van der Waals surface area (Å²) in [5.41, 5.74) is 5.05. The van der Waals surface area contributed by atoms with E-state index >= 15 is 0 Å². The fraction of sp³-hybridized carbons (Fsp3) is 0.222. The molecule has 0 saturated carbocycles. The summed E-state index contributed by atoms with van der Waals surface area (Å²) in [7, 11) is 0. The first-order valence-corrected chi connectivity index (χ1v) is 7.44. The lowest BCUT2D eigenvalue weighted by Crippen LogP contribution is -1.91. The quantitative estimate of drug-likeness (QED) is 0.624. The molecule has 0 aliphatic heterocycles. The van der Waals surface area contributed by atoms with Gasteiger partial charge in [0.05, 0.1) is 0 Å². The van der Waals surface area contributed by atoms with Crippen molar-refractivity contribution in [3.05, 3.63) is 71.8 Å². The Hall–Kier alpha value is -1.47. The molecule has 0 radical (unpaired) electrons. The number of hydrogen-bond donors (Lipinski definition) is 0. The first-order chi connectivity index (χ1) is 9.08. The number of hydrogen-bond acceptors (Lipinski definition) is 1. The molecule has 0 N–H and O–H groups in total. The molecule has 0 spiro atoms. The van der Waals surface area contributed by atoms with Gasteiger partial charge in [-0.2, -0.15) is 0 Å². The van der Waals surface area contributed by atoms with E-state index < -0.39 is 0 Å². The predicted octanol–water partition coefficient (Wildman–Crippen LogP) is 5.88. The summed E-state index contributed by atoms with van der Waals surface area (Å²) in [4.78, 5) is 1.31. The van der Waals surface area contributed by atoms with Crippen molar-refractivity contribution >= 4 is 17.3 Å². The Morgan fingerprint density at radius 3 is 2.42 bits per heavy atom. The van der Waals surface area contributed by atoms with Crippen LogP contribution in [-0.4, -0.2) is 0 Å². The average Bonchev–Trinajstić information content (AvgIpc) is 2.41. The standard InChI is InChI=1S/C18H20S/c1-13(2)17-12-14(3)10-11-18(17)19-15(4)16-8-6-5-7-9-16/h5-12,15H,1H2,2-4H3. The van der Waals surface area contributed by atoms with Gasteiger partial charge in [0.2, 0.25) is 0 Å². The third kappa shape index (κ3) is 3.51. The second-order valence-electron chi connectivity index (χ2n) is 4.95. The van der Waals surface area contributed by atoms with Gasteiger partial charge in [0, 0.05) is 10.1 Å². The van der Waals surface area contributed by atoms with E-state index in [0.717, 1.165) is 5.57 Å². The van der Waals surface area contributed by atoms with Gasteiger partial charge in [-0.3, -0.25) is 0 Å². The van der Waals surface area contributed by atoms with E-state index in [1.54, 1.807) is 0 Å². The molecule has 0 bridgehead atoms. The summed E-state index contributed by atoms with van der Waals surface area (Å²) in [6.45, 7) is 10.5. The van der Waals surface area contributed by atoms with E-state index in [0.29, 0.717) is 5.25 Å². The van der Waals surface area contributed by atoms with Crippen molar-refractivity contribution in [1.29, 1.82) is 0 Å². The maximum atomic E-state index is 4.09. The second kappa shape index (κ2) is 6.12. The normalized spacial score (nSPS) is 12.2. The summed E-state index contributed by atoms with van der Waals surface area (Å²) in [5.74, 6) is 0. The molecule has 2 rings (SSSR count). The minimum Gasteiger partial charge on any atom is -0.118 e. The number of rotatable bonds is 4. The highest BCUT2D eigenvalue weighted by Gasteiger charge is 2.10. The summed E-state index contributed by atoms with van der Waals surface area (Å²) >= 11 is 1.90. The fourth-order valence-corrected chi connectivity index (χ4v) is 3.24. The van der Waals surface area contributed by atoms with E-state index in [1.807, 2.05) is 11.8 Å². The first kappa shape index (κ1) is 14.0. The van der Waals surface area contributed by atoms with E-state index in [2.05, 4.69) is 75.9 Å². The van der Waals surface area contributed by atoms with Crippen LogP contribution in [0, 0.1) is 6.92 Å². The van der Waals surface area contributed by atoms with Crippen LogP contribution in [0.5, 0.6) is 0 Å². The molecule has 0 aromatic heterocycles. The van der Waals surface area contributed by atoms with Gasteiger partial charge in [0.15, 0.2) is 0 Å². The van der Waals surface area contributed by atoms with Crippen molar-refractivity contribution in [1.82, 2.24) is 0 Å². The molecule has 0 amide bonds. The molecule has 0 nitrogen and oxygen atoms in total. The summed E-state index contributed by atoms with van der Waals surface area (Å²) in [6.07, 6.45) is 0. The lowest BCUT2D eigenvalue weighted by molar-refractivity contribution is 1.09. The number of allylic oxidation sites excluding steroid dienone is 1. The topological polar surface area (TPSA) is 0 Å². The molecule has 0 saturated heterocycles. The Morgan fingerprint density at radius 1 is 1.11 bits per heavy atom. The highest BCUT2D eigenvalue weighted by atomic mass is 32.2. The van der Waals surface area contributed by atoms with Crippen molar-refractivity contribution in [2.75, 3.05) is 0 Å². The van der Waals surface area contributed by atoms with Crippen LogP contribution in [0.25, 0.3) is 5.57 Å². The molecule has 0 fully saturated rings. The predicted molar refractivity (Wildman–Crippen MR) is 86.6 cm³/mol. The zero-order chi connectivity index (χ0) is 13.8. The molecule has 2 aromatic carbocycles. The van der Waals surface area contributed by atoms with Gasteiger partial charge in [0.1, 0.15) is 0 Å². The Balaban J connectivity index is 2.26. The SMILES string of the molecule is C=C(C)c1cc(C)ccc1SC(C)c1ccccc1. The van der Waals surface area contributed by atoms with Gasteiger partial charge in [-0.15, -0.1) is 11.8 Å². The molecule has 1 atom stereocenters. The zero-order valence-electron chi connectivity index (χ0n) is 11.8. The first-order valence-electron chi connectivity index (χ1n) is 6.56. The van der Waals surface area contributed by atoms with Crippen LogP contribution >= 0.6 is 11.8 Å². The van der Waals surface area contributed by atoms with Crippen molar-refractivity contribution in [3.63, 3.8) is 0 Å². The van der Waals surface area contributed by atoms with Crippen LogP contribution in [0.1, 0.15) is 35.8 Å². The number of benzene rings is 2. The van der Waals surface area contributed by atoms with Gasteiger partial charge in [-0.25, -0.2) is 0 Å². The van der Waals surface area contributed by atoms with Crippen LogP contribution < -0.4 is 0 Å². The summed E-state index contributed by atoms with van der Waals surface area (Å²) < 4.78 is 0. The van der Waals surface area contributed by atoms with Crippen molar-refractivity contribution in [2.24, 2.45) is 0 Å². The molecule has 98 valence electrons. The van der Waals surface area contributed by atoms with Gasteiger partial charge in [-0.05, 0) is 43.5 Å². The second-order valence-corrected chi connectivity index (χ2v) is 6.33. The molecule has 1 heteroatoms. The lowest BCUT2D eigenvalue weighted by atomic mass is 10.1. The van der Waals surface area contributed by atoms with Crippen LogP contribution in [-0.2, 0) is 0 Å². The monoisotopic (exact) mass is 268 g/mol. The van der Waals surface area contributed by atoms with Crippen molar-refractivity contribution in [2.45, 2.75) is 30.9 Å². The molecule has 2 aromatic rings. The summed E-state index contributed by atoms with van der Waals surface area (Å²) in [6, 6.07) is 17.2. The Morgan fingerprint density at radius 2 is 1.79 bits per heavy atom. The van der Waals surface area contributed by atoms with Crippen molar-refractivity contribution < 1.29 is 0 Å². The van der Waals surface area contributed by atoms with Gasteiger partial charge >= 0.3 is 0 Å². The molecule has 0 heterocycles. The maximum absolute atomic E-state index is 4.09. The van der Waals surface area contributed by atoms with Gasteiger partial charge in [0.25, 0.3) is 0 Å². The average molecular weight is 268 g/mol. The number of thioether (sulfide) groups is 1. The minimum absolute atomic E-state index is 0.446. The lowest BCUT2D eigenvalue weighted by Gasteiger charge is -2.15. The Kier molecular flexibility index (Phi) is 4.49. The highest BCUT2D eigenvalue weighted by Crippen LogP contribution is 2.38. The Bertz CT molecular complexity index is 569. The number of aryl methyl sites for hydroxylation is 1. The maximum Gasteiger partial charge on any atom is 0.0316 e. The minimum atomic E-state index is 0.446. The molecule has 19 heavy (non-hydrogen) atoms. The van der Waals surface area contributed by atoms with E-state index in [-0.39, 0.29) is 0 Å². The third-order valence-electron chi connectivity index (χ3n) is 3.17. The molecule has 0 aliphatic carbocycles. The molecule has 1 unspecified atom stereocenters. The molecular formula is C18H20S. The van der Waals surface area contributed by atoms with E-state index in [9.17, 15) is 0 Å². The largest absolute Gasteiger partial charge is 0.118 e. The van der Waals surface area contributed by atoms with Crippen molar-refractivity contribution in [3.8, 4) is 0 Å². The molecule has 0 aliphatic rings. The summed E-state index contributed by atoms with van der Waals surface area (Å²) in [5, 5.41) is 0.446. The van der Waals surface area contributed by atoms with Crippen LogP contribution in [0.3, 0.4) is 0 Å². The van der Waals surface area contributed by atoms with E-state index in [4.69, 9.17) is 0 Å². The van der Waals surface area contributed by atoms with Crippen LogP contribution in [0.2, 0.25) is 0 Å². The van der Waals surface area contributed by atoms with E-state index in [1.165, 1.54) is 21.6 Å². The van der Waals surface area contributed by atoms with Crippen LogP contribution in [0.4, 0.5) is 0 Å². The van der Waals surface area contributed by atoms with Gasteiger partial charge < -0.3 is 0 Å². The zero-order valence-corrected chi connectivity index (χ0v) is 12.6. The highest BCUT2D eigenvalue weighted by molar-refractivity contribution is 7.99. The third-order valence-corrected chi connectivity index (χ3v) is 4.40. The smallest absolute Gasteiger partial charge is 0.0316 e. The van der Waals surface area contributed by atoms with Crippen LogP contribution in [0.15, 0.2) is 60.0 Å².